The Hall–Kier alpha value is -0.0800. The minimum absolute atomic E-state index is 0.816. The van der Waals surface area contributed by atoms with Crippen LogP contribution in [0.3, 0.4) is 0 Å². The van der Waals surface area contributed by atoms with Crippen molar-refractivity contribution in [3.63, 3.8) is 0 Å². The first kappa shape index (κ1) is 12.4. The van der Waals surface area contributed by atoms with Gasteiger partial charge in [0.05, 0.1) is 0 Å². The summed E-state index contributed by atoms with van der Waals surface area (Å²) in [4.78, 5) is 2.49. The predicted molar refractivity (Wildman–Crippen MR) is 69.6 cm³/mol. The standard InChI is InChI=1S/C14H28N2/c1-12-5-3-7-14(9-12)15-10-13-6-4-8-16(2)11-13/h12-15H,3-11H2,1-2H3. The van der Waals surface area contributed by atoms with Gasteiger partial charge in [-0.1, -0.05) is 19.8 Å². The molecule has 2 heteroatoms. The summed E-state index contributed by atoms with van der Waals surface area (Å²) in [5, 5.41) is 3.82. The van der Waals surface area contributed by atoms with Gasteiger partial charge in [-0.25, -0.2) is 0 Å². The van der Waals surface area contributed by atoms with E-state index in [1.807, 2.05) is 0 Å². The number of likely N-dealkylation sites (tertiary alicyclic amines) is 1. The molecule has 1 saturated heterocycles. The van der Waals surface area contributed by atoms with E-state index in [-0.39, 0.29) is 0 Å². The summed E-state index contributed by atoms with van der Waals surface area (Å²) in [7, 11) is 2.26. The molecule has 1 heterocycles. The van der Waals surface area contributed by atoms with Crippen LogP contribution in [0.1, 0.15) is 45.4 Å². The maximum Gasteiger partial charge on any atom is 0.00697 e. The van der Waals surface area contributed by atoms with Gasteiger partial charge in [-0.15, -0.1) is 0 Å². The Kier molecular flexibility index (Phi) is 4.66. The maximum absolute atomic E-state index is 3.82. The van der Waals surface area contributed by atoms with Gasteiger partial charge in [0.1, 0.15) is 0 Å². The number of nitrogens with zero attached hydrogens (tertiary/aromatic N) is 1. The van der Waals surface area contributed by atoms with Gasteiger partial charge in [-0.2, -0.15) is 0 Å². The Morgan fingerprint density at radius 2 is 2.06 bits per heavy atom. The van der Waals surface area contributed by atoms with Gasteiger partial charge in [0.25, 0.3) is 0 Å². The molecule has 0 spiro atoms. The van der Waals surface area contributed by atoms with Gasteiger partial charge in [0, 0.05) is 12.6 Å². The highest BCUT2D eigenvalue weighted by atomic mass is 15.1. The van der Waals surface area contributed by atoms with Crippen LogP contribution in [-0.4, -0.2) is 37.6 Å². The average molecular weight is 224 g/mol. The minimum atomic E-state index is 0.816. The van der Waals surface area contributed by atoms with Crippen molar-refractivity contribution < 1.29 is 0 Å². The molecule has 3 atom stereocenters. The van der Waals surface area contributed by atoms with Crippen LogP contribution in [-0.2, 0) is 0 Å². The minimum Gasteiger partial charge on any atom is -0.314 e. The molecule has 2 nitrogen and oxygen atoms in total. The van der Waals surface area contributed by atoms with Crippen molar-refractivity contribution in [2.75, 3.05) is 26.7 Å². The van der Waals surface area contributed by atoms with Crippen LogP contribution in [0.2, 0.25) is 0 Å². The van der Waals surface area contributed by atoms with Crippen LogP contribution >= 0.6 is 0 Å². The fraction of sp³-hybridized carbons (Fsp3) is 1.00. The van der Waals surface area contributed by atoms with Crippen molar-refractivity contribution in [2.24, 2.45) is 11.8 Å². The van der Waals surface area contributed by atoms with Crippen molar-refractivity contribution in [1.82, 2.24) is 10.2 Å². The van der Waals surface area contributed by atoms with E-state index in [0.29, 0.717) is 0 Å². The molecular weight excluding hydrogens is 196 g/mol. The van der Waals surface area contributed by atoms with E-state index in [1.54, 1.807) is 0 Å². The molecule has 0 aromatic rings. The van der Waals surface area contributed by atoms with Crippen LogP contribution in [0.4, 0.5) is 0 Å². The van der Waals surface area contributed by atoms with Crippen LogP contribution in [0, 0.1) is 11.8 Å². The molecule has 2 aliphatic rings. The van der Waals surface area contributed by atoms with E-state index in [9.17, 15) is 0 Å². The zero-order valence-electron chi connectivity index (χ0n) is 11.0. The second-order valence-electron chi connectivity index (χ2n) is 6.15. The van der Waals surface area contributed by atoms with Gasteiger partial charge >= 0.3 is 0 Å². The molecule has 1 aliphatic heterocycles. The maximum atomic E-state index is 3.82. The summed E-state index contributed by atoms with van der Waals surface area (Å²) < 4.78 is 0. The lowest BCUT2D eigenvalue weighted by atomic mass is 9.86. The summed E-state index contributed by atoms with van der Waals surface area (Å²) >= 11 is 0. The molecule has 1 aliphatic carbocycles. The van der Waals surface area contributed by atoms with Crippen LogP contribution in [0.25, 0.3) is 0 Å². The zero-order valence-corrected chi connectivity index (χ0v) is 11.0. The average Bonchev–Trinajstić information content (AvgIpc) is 2.27. The van der Waals surface area contributed by atoms with E-state index in [2.05, 4.69) is 24.2 Å². The summed E-state index contributed by atoms with van der Waals surface area (Å²) in [5.74, 6) is 1.84. The molecule has 16 heavy (non-hydrogen) atoms. The molecule has 0 amide bonds. The molecule has 3 unspecified atom stereocenters. The van der Waals surface area contributed by atoms with Crippen molar-refractivity contribution in [1.29, 1.82) is 0 Å². The van der Waals surface area contributed by atoms with Gasteiger partial charge in [0.15, 0.2) is 0 Å². The van der Waals surface area contributed by atoms with E-state index < -0.39 is 0 Å². The first-order valence-corrected chi connectivity index (χ1v) is 7.16. The smallest absolute Gasteiger partial charge is 0.00697 e. The molecule has 2 rings (SSSR count). The van der Waals surface area contributed by atoms with E-state index in [0.717, 1.165) is 17.9 Å². The Balaban J connectivity index is 1.66. The van der Waals surface area contributed by atoms with Gasteiger partial charge in [-0.3, -0.25) is 0 Å². The number of hydrogen-bond donors (Lipinski definition) is 1. The number of piperidine rings is 1. The highest BCUT2D eigenvalue weighted by Crippen LogP contribution is 2.24. The van der Waals surface area contributed by atoms with Crippen molar-refractivity contribution in [3.05, 3.63) is 0 Å². The molecular formula is C14H28N2. The third kappa shape index (κ3) is 3.74. The lowest BCUT2D eigenvalue weighted by Crippen LogP contribution is -2.41. The predicted octanol–water partition coefficient (Wildman–Crippen LogP) is 2.50. The quantitative estimate of drug-likeness (QED) is 0.792. The summed E-state index contributed by atoms with van der Waals surface area (Å²) in [6.07, 6.45) is 8.52. The summed E-state index contributed by atoms with van der Waals surface area (Å²) in [6, 6.07) is 0.816. The SMILES string of the molecule is CC1CCCC(NCC2CCCN(C)C2)C1. The fourth-order valence-corrected chi connectivity index (χ4v) is 3.39. The molecule has 1 N–H and O–H groups in total. The lowest BCUT2D eigenvalue weighted by molar-refractivity contribution is 0.195. The van der Waals surface area contributed by atoms with Gasteiger partial charge < -0.3 is 10.2 Å². The van der Waals surface area contributed by atoms with Crippen LogP contribution in [0.5, 0.6) is 0 Å². The van der Waals surface area contributed by atoms with Crippen molar-refractivity contribution in [3.8, 4) is 0 Å². The lowest BCUT2D eigenvalue weighted by Gasteiger charge is -2.33. The van der Waals surface area contributed by atoms with Crippen molar-refractivity contribution in [2.45, 2.75) is 51.5 Å². The molecule has 0 bridgehead atoms. The molecule has 0 aromatic heterocycles. The van der Waals surface area contributed by atoms with E-state index in [1.165, 1.54) is 58.2 Å². The third-order valence-electron chi connectivity index (χ3n) is 4.35. The Morgan fingerprint density at radius 3 is 2.81 bits per heavy atom. The normalized spacial score (nSPS) is 37.5. The summed E-state index contributed by atoms with van der Waals surface area (Å²) in [6.45, 7) is 6.26. The fourth-order valence-electron chi connectivity index (χ4n) is 3.39. The summed E-state index contributed by atoms with van der Waals surface area (Å²) in [5.41, 5.74) is 0. The second kappa shape index (κ2) is 6.02. The van der Waals surface area contributed by atoms with Crippen LogP contribution < -0.4 is 5.32 Å². The van der Waals surface area contributed by atoms with Gasteiger partial charge in [0.2, 0.25) is 0 Å². The van der Waals surface area contributed by atoms with Crippen LogP contribution in [0.15, 0.2) is 0 Å². The second-order valence-corrected chi connectivity index (χ2v) is 6.15. The monoisotopic (exact) mass is 224 g/mol. The highest BCUT2D eigenvalue weighted by molar-refractivity contribution is 4.79. The third-order valence-corrected chi connectivity index (χ3v) is 4.35. The van der Waals surface area contributed by atoms with E-state index >= 15 is 0 Å². The highest BCUT2D eigenvalue weighted by Gasteiger charge is 2.21. The van der Waals surface area contributed by atoms with Crippen molar-refractivity contribution >= 4 is 0 Å². The Bertz CT molecular complexity index is 183. The Labute approximate surface area is 101 Å². The first-order chi connectivity index (χ1) is 7.74. The molecule has 0 aromatic carbocycles. The topological polar surface area (TPSA) is 15.3 Å². The van der Waals surface area contributed by atoms with Gasteiger partial charge in [-0.05, 0) is 57.7 Å². The molecule has 94 valence electrons. The number of rotatable bonds is 3. The Morgan fingerprint density at radius 1 is 1.19 bits per heavy atom. The first-order valence-electron chi connectivity index (χ1n) is 7.16. The van der Waals surface area contributed by atoms with E-state index in [4.69, 9.17) is 0 Å². The molecule has 1 saturated carbocycles. The molecule has 2 fully saturated rings. The molecule has 0 radical (unpaired) electrons. The zero-order chi connectivity index (χ0) is 11.4. The number of nitrogens with one attached hydrogen (secondary N) is 1. The number of hydrogen-bond acceptors (Lipinski definition) is 2. The largest absolute Gasteiger partial charge is 0.314 e.